The summed E-state index contributed by atoms with van der Waals surface area (Å²) < 4.78 is 15.9. The lowest BCUT2D eigenvalue weighted by atomic mass is 10.2. The zero-order valence-corrected chi connectivity index (χ0v) is 17.1. The number of hydrogen-bond acceptors (Lipinski definition) is 6. The molecule has 0 amide bonds. The number of rotatable bonds is 4. The first-order chi connectivity index (χ1) is 14.2. The van der Waals surface area contributed by atoms with Crippen LogP contribution >= 0.6 is 22.9 Å². The number of nitrogens with zero attached hydrogens (tertiary/aromatic N) is 6. The van der Waals surface area contributed by atoms with E-state index in [9.17, 15) is 4.39 Å². The fraction of sp³-hybridized carbons (Fsp3) is 0.250. The van der Waals surface area contributed by atoms with Crippen LogP contribution < -0.4 is 4.90 Å². The third-order valence-corrected chi connectivity index (χ3v) is 6.21. The number of fused-ring (bicyclic) bond motifs is 1. The van der Waals surface area contributed by atoms with Crippen LogP contribution in [-0.2, 0) is 6.54 Å². The minimum absolute atomic E-state index is 0.249. The SMILES string of the molecule is Fc1cccc(Cl)c1CN1CCN(c2ccc3nnc(-c4ccsc4)n3n2)CC1. The van der Waals surface area contributed by atoms with Crippen molar-refractivity contribution in [1.29, 1.82) is 0 Å². The Labute approximate surface area is 176 Å². The van der Waals surface area contributed by atoms with E-state index in [0.717, 1.165) is 49.0 Å². The lowest BCUT2D eigenvalue weighted by Gasteiger charge is -2.35. The molecule has 9 heteroatoms. The smallest absolute Gasteiger partial charge is 0.186 e. The summed E-state index contributed by atoms with van der Waals surface area (Å²) in [4.78, 5) is 4.45. The van der Waals surface area contributed by atoms with Crippen LogP contribution in [-0.4, -0.2) is 50.9 Å². The molecule has 0 saturated carbocycles. The first-order valence-electron chi connectivity index (χ1n) is 9.34. The molecule has 0 atom stereocenters. The van der Waals surface area contributed by atoms with E-state index in [4.69, 9.17) is 16.7 Å². The highest BCUT2D eigenvalue weighted by molar-refractivity contribution is 7.08. The quantitative estimate of drug-likeness (QED) is 0.492. The molecule has 5 rings (SSSR count). The van der Waals surface area contributed by atoms with Gasteiger partial charge in [-0.3, -0.25) is 4.90 Å². The van der Waals surface area contributed by atoms with Gasteiger partial charge < -0.3 is 4.90 Å². The molecule has 0 N–H and O–H groups in total. The number of hydrogen-bond donors (Lipinski definition) is 0. The molecule has 6 nitrogen and oxygen atoms in total. The van der Waals surface area contributed by atoms with Crippen molar-refractivity contribution in [2.75, 3.05) is 31.1 Å². The number of piperazine rings is 1. The summed E-state index contributed by atoms with van der Waals surface area (Å²) in [7, 11) is 0. The maximum absolute atomic E-state index is 14.1. The molecule has 1 saturated heterocycles. The molecule has 0 aliphatic carbocycles. The van der Waals surface area contributed by atoms with Gasteiger partial charge in [-0.25, -0.2) is 4.39 Å². The third-order valence-electron chi connectivity index (χ3n) is 5.17. The van der Waals surface area contributed by atoms with E-state index in [-0.39, 0.29) is 5.82 Å². The predicted octanol–water partition coefficient (Wildman–Crippen LogP) is 3.97. The van der Waals surface area contributed by atoms with Crippen molar-refractivity contribution < 1.29 is 4.39 Å². The highest BCUT2D eigenvalue weighted by Crippen LogP contribution is 2.24. The van der Waals surface area contributed by atoms with Gasteiger partial charge in [-0.05, 0) is 35.7 Å². The van der Waals surface area contributed by atoms with Crippen LogP contribution in [0, 0.1) is 5.82 Å². The van der Waals surface area contributed by atoms with Crippen LogP contribution in [0.15, 0.2) is 47.2 Å². The van der Waals surface area contributed by atoms with Crippen molar-refractivity contribution >= 4 is 34.4 Å². The van der Waals surface area contributed by atoms with Crippen molar-refractivity contribution in [3.8, 4) is 11.4 Å². The molecule has 1 fully saturated rings. The van der Waals surface area contributed by atoms with Crippen molar-refractivity contribution in [1.82, 2.24) is 24.7 Å². The lowest BCUT2D eigenvalue weighted by Crippen LogP contribution is -2.46. The summed E-state index contributed by atoms with van der Waals surface area (Å²) in [5.41, 5.74) is 2.30. The maximum atomic E-state index is 14.1. The molecule has 0 spiro atoms. The molecule has 29 heavy (non-hydrogen) atoms. The Bertz CT molecular complexity index is 1120. The van der Waals surface area contributed by atoms with E-state index in [1.165, 1.54) is 6.07 Å². The van der Waals surface area contributed by atoms with Gasteiger partial charge in [0.2, 0.25) is 0 Å². The van der Waals surface area contributed by atoms with Crippen molar-refractivity contribution in [2.45, 2.75) is 6.54 Å². The number of thiophene rings is 1. The summed E-state index contributed by atoms with van der Waals surface area (Å²) in [6, 6.07) is 10.8. The summed E-state index contributed by atoms with van der Waals surface area (Å²) in [5, 5.41) is 17.8. The van der Waals surface area contributed by atoms with Gasteiger partial charge in [-0.15, -0.1) is 15.3 Å². The van der Waals surface area contributed by atoms with Crippen LogP contribution in [0.2, 0.25) is 5.02 Å². The van der Waals surface area contributed by atoms with Crippen molar-refractivity contribution in [3.63, 3.8) is 0 Å². The van der Waals surface area contributed by atoms with E-state index in [1.807, 2.05) is 29.0 Å². The summed E-state index contributed by atoms with van der Waals surface area (Å²) >= 11 is 7.79. The van der Waals surface area contributed by atoms with E-state index >= 15 is 0 Å². The standard InChI is InChI=1S/C20H18ClFN6S/c21-16-2-1-3-17(22)15(16)12-26-7-9-27(10-8-26)19-5-4-18-23-24-20(28(18)25-19)14-6-11-29-13-14/h1-6,11,13H,7-10,12H2. The fourth-order valence-corrected chi connectivity index (χ4v) is 4.42. The molecule has 1 aliphatic rings. The molecule has 1 aromatic carbocycles. The molecule has 3 aromatic heterocycles. The molecule has 0 unspecified atom stereocenters. The first-order valence-corrected chi connectivity index (χ1v) is 10.7. The number of benzene rings is 1. The molecule has 4 heterocycles. The molecule has 4 aromatic rings. The van der Waals surface area contributed by atoms with Gasteiger partial charge in [-0.1, -0.05) is 17.7 Å². The average molecular weight is 429 g/mol. The van der Waals surface area contributed by atoms with Crippen LogP contribution in [0.25, 0.3) is 17.0 Å². The topological polar surface area (TPSA) is 49.6 Å². The van der Waals surface area contributed by atoms with Gasteiger partial charge in [0.15, 0.2) is 11.5 Å². The van der Waals surface area contributed by atoms with Gasteiger partial charge in [-0.2, -0.15) is 15.9 Å². The first kappa shape index (κ1) is 18.5. The minimum atomic E-state index is -0.249. The average Bonchev–Trinajstić information content (AvgIpc) is 3.40. The van der Waals surface area contributed by atoms with E-state index in [2.05, 4.69) is 20.0 Å². The summed E-state index contributed by atoms with van der Waals surface area (Å²) in [6.45, 7) is 3.74. The van der Waals surface area contributed by atoms with E-state index < -0.39 is 0 Å². The van der Waals surface area contributed by atoms with E-state index in [1.54, 1.807) is 28.0 Å². The lowest BCUT2D eigenvalue weighted by molar-refractivity contribution is 0.246. The largest absolute Gasteiger partial charge is 0.353 e. The molecule has 148 valence electrons. The second-order valence-corrected chi connectivity index (χ2v) is 8.15. The Hall–Kier alpha value is -2.55. The van der Waals surface area contributed by atoms with Gasteiger partial charge in [0.05, 0.1) is 0 Å². The number of aromatic nitrogens is 4. The number of anilines is 1. The van der Waals surface area contributed by atoms with Gasteiger partial charge in [0, 0.05) is 54.3 Å². The van der Waals surface area contributed by atoms with Crippen LogP contribution in [0.5, 0.6) is 0 Å². The van der Waals surface area contributed by atoms with Crippen LogP contribution in [0.4, 0.5) is 10.2 Å². The fourth-order valence-electron chi connectivity index (χ4n) is 3.56. The molecular formula is C20H18ClFN6S. The monoisotopic (exact) mass is 428 g/mol. The Morgan fingerprint density at radius 3 is 2.66 bits per heavy atom. The molecule has 1 aliphatic heterocycles. The normalized spacial score (nSPS) is 15.3. The third kappa shape index (κ3) is 3.59. The molecule has 0 bridgehead atoms. The van der Waals surface area contributed by atoms with Crippen LogP contribution in [0.1, 0.15) is 5.56 Å². The van der Waals surface area contributed by atoms with Crippen LogP contribution in [0.3, 0.4) is 0 Å². The highest BCUT2D eigenvalue weighted by Gasteiger charge is 2.21. The number of halogens is 2. The Morgan fingerprint density at radius 1 is 1.03 bits per heavy atom. The second-order valence-electron chi connectivity index (χ2n) is 6.96. The molecule has 0 radical (unpaired) electrons. The van der Waals surface area contributed by atoms with Gasteiger partial charge in [0.25, 0.3) is 0 Å². The summed E-state index contributed by atoms with van der Waals surface area (Å²) in [5.74, 6) is 1.38. The zero-order chi connectivity index (χ0) is 19.8. The Kier molecular flexibility index (Phi) is 4.91. The maximum Gasteiger partial charge on any atom is 0.186 e. The Morgan fingerprint density at radius 2 is 1.90 bits per heavy atom. The predicted molar refractivity (Wildman–Crippen MR) is 113 cm³/mol. The zero-order valence-electron chi connectivity index (χ0n) is 15.5. The highest BCUT2D eigenvalue weighted by atomic mass is 35.5. The van der Waals surface area contributed by atoms with Crippen molar-refractivity contribution in [3.05, 3.63) is 63.6 Å². The molecular weight excluding hydrogens is 411 g/mol. The Balaban J connectivity index is 1.32. The minimum Gasteiger partial charge on any atom is -0.353 e. The van der Waals surface area contributed by atoms with Gasteiger partial charge >= 0.3 is 0 Å². The van der Waals surface area contributed by atoms with Gasteiger partial charge in [0.1, 0.15) is 11.6 Å². The van der Waals surface area contributed by atoms with Crippen molar-refractivity contribution in [2.24, 2.45) is 0 Å². The second kappa shape index (κ2) is 7.70. The summed E-state index contributed by atoms with van der Waals surface area (Å²) in [6.07, 6.45) is 0. The van der Waals surface area contributed by atoms with E-state index in [0.29, 0.717) is 17.1 Å².